The van der Waals surface area contributed by atoms with Crippen molar-refractivity contribution < 1.29 is 14.3 Å². The third kappa shape index (κ3) is 7.85. The number of guanidine groups is 1. The van der Waals surface area contributed by atoms with E-state index in [2.05, 4.69) is 15.2 Å². The van der Waals surface area contributed by atoms with Gasteiger partial charge in [0.1, 0.15) is 0 Å². The highest BCUT2D eigenvalue weighted by molar-refractivity contribution is 14.0. The molecule has 134 valence electrons. The summed E-state index contributed by atoms with van der Waals surface area (Å²) < 4.78 is 4.72. The van der Waals surface area contributed by atoms with Crippen LogP contribution in [0.1, 0.15) is 33.1 Å². The molecule has 0 aromatic carbocycles. The van der Waals surface area contributed by atoms with Gasteiger partial charge in [-0.25, -0.2) is 0 Å². The molecule has 0 radical (unpaired) electrons. The molecule has 1 aliphatic rings. The number of primary amides is 1. The third-order valence-corrected chi connectivity index (χ3v) is 3.76. The van der Waals surface area contributed by atoms with E-state index in [0.717, 1.165) is 38.4 Å². The summed E-state index contributed by atoms with van der Waals surface area (Å²) in [6.07, 6.45) is 2.43. The van der Waals surface area contributed by atoms with Crippen molar-refractivity contribution in [3.05, 3.63) is 0 Å². The maximum absolute atomic E-state index is 11.5. The predicted molar refractivity (Wildman–Crippen MR) is 101 cm³/mol. The number of esters is 1. The zero-order chi connectivity index (χ0) is 16.5. The molecule has 3 N–H and O–H groups in total. The fourth-order valence-electron chi connectivity index (χ4n) is 2.63. The molecule has 0 bridgehead atoms. The Bertz CT molecular complexity index is 418. The fourth-order valence-corrected chi connectivity index (χ4v) is 2.63. The van der Waals surface area contributed by atoms with E-state index in [1.807, 2.05) is 6.92 Å². The van der Waals surface area contributed by atoms with Gasteiger partial charge in [0.05, 0.1) is 19.6 Å². The van der Waals surface area contributed by atoms with Crippen LogP contribution >= 0.6 is 24.0 Å². The van der Waals surface area contributed by atoms with Crippen molar-refractivity contribution in [1.29, 1.82) is 0 Å². The van der Waals surface area contributed by atoms with E-state index < -0.39 is 0 Å². The number of nitrogens with two attached hydrogens (primary N) is 1. The Kier molecular flexibility index (Phi) is 10.9. The first-order chi connectivity index (χ1) is 10.5. The number of carbonyl (C=O) groups excluding carboxylic acids is 2. The lowest BCUT2D eigenvalue weighted by Crippen LogP contribution is -2.47. The lowest BCUT2D eigenvalue weighted by molar-refractivity contribution is -0.144. The van der Waals surface area contributed by atoms with Gasteiger partial charge >= 0.3 is 5.97 Å². The summed E-state index contributed by atoms with van der Waals surface area (Å²) in [5.74, 6) is 0.267. The average molecular weight is 440 g/mol. The number of rotatable bonds is 6. The molecule has 1 heterocycles. The minimum Gasteiger partial charge on any atom is -0.469 e. The van der Waals surface area contributed by atoms with Crippen molar-refractivity contribution in [1.82, 2.24) is 10.2 Å². The summed E-state index contributed by atoms with van der Waals surface area (Å²) in [6, 6.07) is 0. The average Bonchev–Trinajstić information content (AvgIpc) is 2.49. The summed E-state index contributed by atoms with van der Waals surface area (Å²) in [6.45, 7) is 6.60. The lowest BCUT2D eigenvalue weighted by Gasteiger charge is -2.34. The molecule has 7 nitrogen and oxygen atoms in total. The number of likely N-dealkylation sites (tertiary alicyclic amines) is 1. The Hall–Kier alpha value is -1.06. The Morgan fingerprint density at radius 1 is 1.48 bits per heavy atom. The van der Waals surface area contributed by atoms with Crippen molar-refractivity contribution in [2.75, 3.05) is 33.3 Å². The number of hydrogen-bond acceptors (Lipinski definition) is 4. The van der Waals surface area contributed by atoms with Gasteiger partial charge in [0.2, 0.25) is 5.91 Å². The van der Waals surface area contributed by atoms with Crippen LogP contribution in [0.3, 0.4) is 0 Å². The highest BCUT2D eigenvalue weighted by atomic mass is 127. The predicted octanol–water partition coefficient (Wildman–Crippen LogP) is 0.966. The number of hydrogen-bond donors (Lipinski definition) is 2. The Labute approximate surface area is 155 Å². The van der Waals surface area contributed by atoms with Gasteiger partial charge in [-0.3, -0.25) is 14.6 Å². The maximum atomic E-state index is 11.5. The van der Waals surface area contributed by atoms with Gasteiger partial charge in [0.15, 0.2) is 5.96 Å². The molecule has 1 saturated heterocycles. The van der Waals surface area contributed by atoms with Gasteiger partial charge in [-0.15, -0.1) is 24.0 Å². The van der Waals surface area contributed by atoms with E-state index in [1.165, 1.54) is 7.11 Å². The molecule has 1 rings (SSSR count). The van der Waals surface area contributed by atoms with Crippen LogP contribution in [0, 0.1) is 11.8 Å². The number of carbonyl (C=O) groups is 2. The monoisotopic (exact) mass is 440 g/mol. The second-order valence-electron chi connectivity index (χ2n) is 5.74. The molecule has 0 aliphatic carbocycles. The zero-order valence-electron chi connectivity index (χ0n) is 14.2. The summed E-state index contributed by atoms with van der Waals surface area (Å²) in [5.41, 5.74) is 5.30. The first-order valence-corrected chi connectivity index (χ1v) is 7.87. The summed E-state index contributed by atoms with van der Waals surface area (Å²) >= 11 is 0. The number of nitrogens with one attached hydrogen (secondary N) is 1. The van der Waals surface area contributed by atoms with Gasteiger partial charge in [0.25, 0.3) is 0 Å². The molecule has 0 aromatic rings. The quantitative estimate of drug-likeness (QED) is 0.278. The number of ether oxygens (including phenoxy) is 1. The maximum Gasteiger partial charge on any atom is 0.310 e. The van der Waals surface area contributed by atoms with E-state index in [-0.39, 0.29) is 47.7 Å². The van der Waals surface area contributed by atoms with Crippen LogP contribution in [0.15, 0.2) is 4.99 Å². The minimum atomic E-state index is -0.273. The Morgan fingerprint density at radius 2 is 2.17 bits per heavy atom. The van der Waals surface area contributed by atoms with Crippen LogP contribution in [0.25, 0.3) is 0 Å². The van der Waals surface area contributed by atoms with Crippen LogP contribution in [0.5, 0.6) is 0 Å². The van der Waals surface area contributed by atoms with Crippen molar-refractivity contribution in [3.63, 3.8) is 0 Å². The molecule has 2 unspecified atom stereocenters. The smallest absolute Gasteiger partial charge is 0.310 e. The number of piperidine rings is 1. The Balaban J connectivity index is 0.00000484. The standard InChI is InChI=1S/C15H28N4O3.HI/c1-4-17-15(18-9-11(2)14(21)22-3)19-7-5-6-12(10-19)8-13(16)20;/h11-12H,4-10H2,1-3H3,(H2,16,20)(H,17,18);1H. The summed E-state index contributed by atoms with van der Waals surface area (Å²) in [5, 5.41) is 3.25. The largest absolute Gasteiger partial charge is 0.469 e. The first-order valence-electron chi connectivity index (χ1n) is 7.87. The number of halogens is 1. The second-order valence-corrected chi connectivity index (χ2v) is 5.74. The number of nitrogens with zero attached hydrogens (tertiary/aromatic N) is 2. The molecule has 1 fully saturated rings. The highest BCUT2D eigenvalue weighted by Crippen LogP contribution is 2.19. The van der Waals surface area contributed by atoms with E-state index in [0.29, 0.717) is 13.0 Å². The fraction of sp³-hybridized carbons (Fsp3) is 0.800. The minimum absolute atomic E-state index is 0. The van der Waals surface area contributed by atoms with Gasteiger partial charge in [0, 0.05) is 26.1 Å². The van der Waals surface area contributed by atoms with E-state index in [1.54, 1.807) is 6.92 Å². The van der Waals surface area contributed by atoms with Gasteiger partial charge in [-0.05, 0) is 25.7 Å². The molecular weight excluding hydrogens is 411 g/mol. The van der Waals surface area contributed by atoms with Crippen LogP contribution in [0.2, 0.25) is 0 Å². The van der Waals surface area contributed by atoms with Crippen LogP contribution in [0.4, 0.5) is 0 Å². The highest BCUT2D eigenvalue weighted by Gasteiger charge is 2.24. The van der Waals surface area contributed by atoms with Gasteiger partial charge in [-0.2, -0.15) is 0 Å². The van der Waals surface area contributed by atoms with Gasteiger partial charge < -0.3 is 20.7 Å². The summed E-state index contributed by atoms with van der Waals surface area (Å²) in [4.78, 5) is 29.2. The summed E-state index contributed by atoms with van der Waals surface area (Å²) in [7, 11) is 1.38. The lowest BCUT2D eigenvalue weighted by atomic mass is 9.95. The SMILES string of the molecule is CCNC(=NCC(C)C(=O)OC)N1CCCC(CC(N)=O)C1.I. The van der Waals surface area contributed by atoms with E-state index in [4.69, 9.17) is 10.5 Å². The third-order valence-electron chi connectivity index (χ3n) is 3.76. The zero-order valence-corrected chi connectivity index (χ0v) is 16.5. The normalized spacial score (nSPS) is 19.5. The van der Waals surface area contributed by atoms with Crippen molar-refractivity contribution >= 4 is 41.8 Å². The van der Waals surface area contributed by atoms with Crippen LogP contribution in [-0.2, 0) is 14.3 Å². The molecule has 0 aromatic heterocycles. The number of methoxy groups -OCH3 is 1. The molecule has 2 atom stereocenters. The van der Waals surface area contributed by atoms with E-state index >= 15 is 0 Å². The molecule has 1 aliphatic heterocycles. The van der Waals surface area contributed by atoms with E-state index in [9.17, 15) is 9.59 Å². The van der Waals surface area contributed by atoms with Crippen molar-refractivity contribution in [2.45, 2.75) is 33.1 Å². The molecule has 1 amide bonds. The molecule has 0 spiro atoms. The molecule has 0 saturated carbocycles. The van der Waals surface area contributed by atoms with Crippen molar-refractivity contribution in [2.24, 2.45) is 22.6 Å². The molecular formula is C15H29IN4O3. The topological polar surface area (TPSA) is 97.0 Å². The molecule has 23 heavy (non-hydrogen) atoms. The second kappa shape index (κ2) is 11.5. The van der Waals surface area contributed by atoms with Crippen LogP contribution < -0.4 is 11.1 Å². The molecule has 8 heteroatoms. The number of amides is 1. The van der Waals surface area contributed by atoms with Crippen molar-refractivity contribution in [3.8, 4) is 0 Å². The first kappa shape index (κ1) is 21.9. The number of aliphatic imine (C=N–C) groups is 1. The Morgan fingerprint density at radius 3 is 2.74 bits per heavy atom. The van der Waals surface area contributed by atoms with Gasteiger partial charge in [-0.1, -0.05) is 6.92 Å². The van der Waals surface area contributed by atoms with Crippen LogP contribution in [-0.4, -0.2) is 56.0 Å².